The van der Waals surface area contributed by atoms with Gasteiger partial charge in [-0.1, -0.05) is 35.2 Å². The van der Waals surface area contributed by atoms with Crippen molar-refractivity contribution in [2.45, 2.75) is 12.1 Å². The Labute approximate surface area is 158 Å². The Bertz CT molecular complexity index is 931. The summed E-state index contributed by atoms with van der Waals surface area (Å²) in [5.41, 5.74) is -4.42. The summed E-state index contributed by atoms with van der Waals surface area (Å²) in [6, 6.07) is 3.99. The van der Waals surface area contributed by atoms with Crippen LogP contribution in [0.15, 0.2) is 36.4 Å². The molecule has 11 heteroatoms. The van der Waals surface area contributed by atoms with Gasteiger partial charge in [0.1, 0.15) is 22.2 Å². The van der Waals surface area contributed by atoms with E-state index in [0.717, 1.165) is 12.1 Å². The molecule has 0 saturated heterocycles. The van der Waals surface area contributed by atoms with Gasteiger partial charge in [0, 0.05) is 16.7 Å². The average Bonchev–Trinajstić information content (AvgIpc) is 2.57. The number of nitrogens with one attached hydrogen (secondary N) is 1. The van der Waals surface area contributed by atoms with Gasteiger partial charge in [-0.3, -0.25) is 9.59 Å². The van der Waals surface area contributed by atoms with E-state index < -0.39 is 52.7 Å². The number of aliphatic carboxylic acids is 1. The fourth-order valence-corrected chi connectivity index (χ4v) is 2.39. The molecule has 0 aliphatic heterocycles. The highest BCUT2D eigenvalue weighted by atomic mass is 19.4. The van der Waals surface area contributed by atoms with Crippen molar-refractivity contribution in [3.63, 3.8) is 0 Å². The largest absolute Gasteiger partial charge is 0.480 e. The molecule has 2 rings (SSSR count). The molecule has 0 fully saturated rings. The molecule has 0 unspecified atom stereocenters. The minimum absolute atomic E-state index is 0.254. The van der Waals surface area contributed by atoms with Gasteiger partial charge < -0.3 is 10.4 Å². The summed E-state index contributed by atoms with van der Waals surface area (Å²) in [6.07, 6.45) is -4.89. The zero-order valence-corrected chi connectivity index (χ0v) is 14.0. The van der Waals surface area contributed by atoms with Crippen LogP contribution in [0.3, 0.4) is 0 Å². The molecule has 0 atom stereocenters. The van der Waals surface area contributed by atoms with Crippen LogP contribution in [0.1, 0.15) is 27.0 Å². The van der Waals surface area contributed by atoms with Gasteiger partial charge in [0.05, 0.1) is 5.56 Å². The first-order chi connectivity index (χ1) is 12.8. The van der Waals surface area contributed by atoms with Crippen molar-refractivity contribution < 1.29 is 36.6 Å². The lowest BCUT2D eigenvalue weighted by atomic mass is 9.85. The lowest BCUT2D eigenvalue weighted by molar-refractivity contribution is -0.138. The van der Waals surface area contributed by atoms with Crippen LogP contribution in [0, 0.1) is 0 Å². The first-order valence-corrected chi connectivity index (χ1v) is 7.58. The normalized spacial score (nSPS) is 11.9. The lowest BCUT2D eigenvalue weighted by Gasteiger charge is -2.21. The maximum Gasteiger partial charge on any atom is 0.416 e. The first kappa shape index (κ1) is 21.5. The number of carbonyl (C=O) groups excluding carboxylic acids is 1. The molecule has 0 aliphatic carbocycles. The lowest BCUT2D eigenvalue weighted by Crippen LogP contribution is -2.30. The average molecular weight is 393 g/mol. The number of alkyl halides is 5. The van der Waals surface area contributed by atoms with Crippen LogP contribution in [0.4, 0.5) is 22.0 Å². The van der Waals surface area contributed by atoms with Gasteiger partial charge in [-0.2, -0.15) is 22.0 Å². The van der Waals surface area contributed by atoms with Crippen LogP contribution in [0.5, 0.6) is 0 Å². The van der Waals surface area contributed by atoms with Gasteiger partial charge in [-0.15, -0.1) is 0 Å². The van der Waals surface area contributed by atoms with Crippen LogP contribution in [-0.2, 0) is 16.9 Å². The number of carboxylic acids is 1. The van der Waals surface area contributed by atoms with E-state index in [1.54, 1.807) is 0 Å². The number of carbonyl (C=O) groups is 2. The smallest absolute Gasteiger partial charge is 0.416 e. The Balaban J connectivity index is 2.50. The maximum atomic E-state index is 14.9. The van der Waals surface area contributed by atoms with E-state index in [1.807, 2.05) is 5.32 Å². The Kier molecular flexibility index (Phi) is 5.86. The van der Waals surface area contributed by atoms with E-state index in [-0.39, 0.29) is 17.1 Å². The Hall–Kier alpha value is -2.84. The molecule has 142 valence electrons. The van der Waals surface area contributed by atoms with Crippen LogP contribution in [-0.4, -0.2) is 39.2 Å². The molecule has 0 saturated carbocycles. The van der Waals surface area contributed by atoms with Crippen LogP contribution < -0.4 is 16.2 Å². The quantitative estimate of drug-likeness (QED) is 0.594. The van der Waals surface area contributed by atoms with Gasteiger partial charge in [-0.05, 0) is 12.1 Å². The molecule has 0 aromatic heterocycles. The molecule has 2 N–H and O–H groups in total. The molecule has 0 heterocycles. The van der Waals surface area contributed by atoms with E-state index >= 15 is 0 Å². The second-order valence-corrected chi connectivity index (χ2v) is 5.84. The number of hydrogen-bond donors (Lipinski definition) is 2. The van der Waals surface area contributed by atoms with Gasteiger partial charge in [0.2, 0.25) is 0 Å². The minimum atomic E-state index is -4.89. The topological polar surface area (TPSA) is 66.4 Å². The molecule has 0 spiro atoms. The van der Waals surface area contributed by atoms with Gasteiger partial charge in [0.15, 0.2) is 0 Å². The summed E-state index contributed by atoms with van der Waals surface area (Å²) < 4.78 is 68.4. The molecule has 4 radical (unpaired) electrons. The highest BCUT2D eigenvalue weighted by molar-refractivity contribution is 6.33. The molecule has 4 nitrogen and oxygen atoms in total. The summed E-state index contributed by atoms with van der Waals surface area (Å²) in [6.45, 7) is -0.760. The number of carboxylic acid groups (broad SMARTS) is 1. The Morgan fingerprint density at radius 3 is 1.89 bits per heavy atom. The van der Waals surface area contributed by atoms with E-state index in [1.165, 1.54) is 0 Å². The predicted octanol–water partition coefficient (Wildman–Crippen LogP) is 1.25. The SMILES string of the molecule is [B]c1cc(C(=O)NCC(=O)O)cc(C(F)(F)c2cc([B])cc(C(F)(F)F)c2)c1. The molecule has 2 aromatic carbocycles. The fourth-order valence-electron chi connectivity index (χ4n) is 2.39. The van der Waals surface area contributed by atoms with E-state index in [9.17, 15) is 31.5 Å². The van der Waals surface area contributed by atoms with Gasteiger partial charge in [-0.25, -0.2) is 0 Å². The van der Waals surface area contributed by atoms with Crippen LogP contribution >= 0.6 is 0 Å². The first-order valence-electron chi connectivity index (χ1n) is 7.58. The fraction of sp³-hybridized carbons (Fsp3) is 0.176. The highest BCUT2D eigenvalue weighted by Crippen LogP contribution is 2.38. The molecule has 28 heavy (non-hydrogen) atoms. The summed E-state index contributed by atoms with van der Waals surface area (Å²) >= 11 is 0. The van der Waals surface area contributed by atoms with Crippen molar-refractivity contribution in [2.75, 3.05) is 6.54 Å². The number of hydrogen-bond acceptors (Lipinski definition) is 2. The number of benzene rings is 2. The van der Waals surface area contributed by atoms with E-state index in [4.69, 9.17) is 20.8 Å². The second-order valence-electron chi connectivity index (χ2n) is 5.84. The maximum absolute atomic E-state index is 14.9. The van der Waals surface area contributed by atoms with Gasteiger partial charge >= 0.3 is 12.1 Å². The van der Waals surface area contributed by atoms with Gasteiger partial charge in [0.25, 0.3) is 11.8 Å². The number of rotatable bonds is 5. The van der Waals surface area contributed by atoms with Crippen LogP contribution in [0.25, 0.3) is 0 Å². The zero-order chi connectivity index (χ0) is 21.3. The summed E-state index contributed by atoms with van der Waals surface area (Å²) in [7, 11) is 10.9. The summed E-state index contributed by atoms with van der Waals surface area (Å²) in [4.78, 5) is 22.4. The van der Waals surface area contributed by atoms with Crippen LogP contribution in [0.2, 0.25) is 0 Å². The van der Waals surface area contributed by atoms with Crippen molar-refractivity contribution in [1.29, 1.82) is 0 Å². The van der Waals surface area contributed by atoms with Crippen molar-refractivity contribution in [3.05, 3.63) is 58.7 Å². The zero-order valence-electron chi connectivity index (χ0n) is 14.0. The number of amides is 1. The molecule has 0 aliphatic rings. The second kappa shape index (κ2) is 7.65. The van der Waals surface area contributed by atoms with E-state index in [2.05, 4.69) is 0 Å². The standard InChI is InChI=1S/C17H10B2F5NO3/c18-12-2-8(15(28)25-7-14(26)27)1-9(4-12)16(20,21)10-3-11(17(22,23)24)6-13(19)5-10/h1-6H,7H2,(H,25,28)(H,26,27). The third kappa shape index (κ3) is 4.90. The summed E-state index contributed by atoms with van der Waals surface area (Å²) in [5.74, 6) is -6.32. The predicted molar refractivity (Wildman–Crippen MR) is 91.6 cm³/mol. The van der Waals surface area contributed by atoms with Crippen molar-refractivity contribution in [2.24, 2.45) is 0 Å². The minimum Gasteiger partial charge on any atom is -0.480 e. The molecule has 0 bridgehead atoms. The van der Waals surface area contributed by atoms with Crippen molar-refractivity contribution >= 4 is 38.5 Å². The monoisotopic (exact) mass is 393 g/mol. The number of halogens is 5. The molecular formula is C17H10B2F5NO3. The Morgan fingerprint density at radius 2 is 1.36 bits per heavy atom. The summed E-state index contributed by atoms with van der Waals surface area (Å²) in [5, 5.41) is 10.5. The van der Waals surface area contributed by atoms with E-state index in [0.29, 0.717) is 18.2 Å². The van der Waals surface area contributed by atoms with Crippen molar-refractivity contribution in [3.8, 4) is 0 Å². The molecular weight excluding hydrogens is 383 g/mol. The molecule has 2 aromatic rings. The highest BCUT2D eigenvalue weighted by Gasteiger charge is 2.38. The third-order valence-corrected chi connectivity index (χ3v) is 3.63. The Morgan fingerprint density at radius 1 is 0.857 bits per heavy atom. The van der Waals surface area contributed by atoms with Crippen molar-refractivity contribution in [1.82, 2.24) is 5.32 Å². The third-order valence-electron chi connectivity index (χ3n) is 3.63. The molecule has 1 amide bonds.